The summed E-state index contributed by atoms with van der Waals surface area (Å²) in [6, 6.07) is 0. The minimum atomic E-state index is -0.715. The second kappa shape index (κ2) is 5.26. The van der Waals surface area contributed by atoms with Crippen molar-refractivity contribution in [1.82, 2.24) is 14.1 Å². The zero-order chi connectivity index (χ0) is 12.1. The van der Waals surface area contributed by atoms with Crippen molar-refractivity contribution in [3.05, 3.63) is 44.1 Å². The smallest absolute Gasteiger partial charge is 0.336 e. The molecule has 2 rings (SSSR count). The second-order valence-electron chi connectivity index (χ2n) is 3.09. The molecule has 0 bridgehead atoms. The van der Waals surface area contributed by atoms with Gasteiger partial charge in [0.2, 0.25) is 0 Å². The van der Waals surface area contributed by atoms with Gasteiger partial charge >= 0.3 is 17.1 Å². The molecule has 0 aliphatic carbocycles. The Balaban J connectivity index is 0.000000365. The summed E-state index contributed by atoms with van der Waals surface area (Å²) in [5.74, 6) is 0. The molecule has 1 aromatic heterocycles. The molecule has 0 atom stereocenters. The number of ether oxygens (including phenoxy) is 1. The number of hydrogen-bond acceptors (Lipinski definition) is 4. The summed E-state index contributed by atoms with van der Waals surface area (Å²) in [6.07, 6.45) is 1.40. The van der Waals surface area contributed by atoms with Gasteiger partial charge in [-0.05, 0) is 0 Å². The molecule has 1 N–H and O–H groups in total. The van der Waals surface area contributed by atoms with E-state index in [1.165, 1.54) is 13.1 Å². The highest BCUT2D eigenvalue weighted by Gasteiger charge is 2.03. The van der Waals surface area contributed by atoms with E-state index in [4.69, 9.17) is 0 Å². The molecular formula is C9H13N3O4. The first-order valence-electron chi connectivity index (χ1n) is 4.66. The molecule has 7 nitrogen and oxygen atoms in total. The summed E-state index contributed by atoms with van der Waals surface area (Å²) < 4.78 is 6.21. The SMILES string of the molecule is C1CO1.C=CCn1c(=O)[nH]c(=O)n(C)c1=O. The molecule has 0 unspecified atom stereocenters. The van der Waals surface area contributed by atoms with Gasteiger partial charge in [0.15, 0.2) is 0 Å². The Kier molecular flexibility index (Phi) is 4.01. The first-order valence-corrected chi connectivity index (χ1v) is 4.66. The molecule has 1 aliphatic heterocycles. The highest BCUT2D eigenvalue weighted by atomic mass is 16.6. The van der Waals surface area contributed by atoms with Crippen molar-refractivity contribution < 1.29 is 4.74 Å². The second-order valence-corrected chi connectivity index (χ2v) is 3.09. The fourth-order valence-electron chi connectivity index (χ4n) is 0.888. The Morgan fingerprint density at radius 1 is 1.38 bits per heavy atom. The van der Waals surface area contributed by atoms with Gasteiger partial charge < -0.3 is 4.74 Å². The van der Waals surface area contributed by atoms with Crippen LogP contribution in [0, 0.1) is 0 Å². The van der Waals surface area contributed by atoms with Gasteiger partial charge in [-0.3, -0.25) is 4.98 Å². The van der Waals surface area contributed by atoms with E-state index < -0.39 is 17.1 Å². The molecule has 0 spiro atoms. The average molecular weight is 227 g/mol. The van der Waals surface area contributed by atoms with E-state index in [2.05, 4.69) is 11.3 Å². The van der Waals surface area contributed by atoms with Gasteiger partial charge in [0.1, 0.15) is 0 Å². The molecule has 2 heterocycles. The predicted octanol–water partition coefficient (Wildman–Crippen LogP) is -1.56. The van der Waals surface area contributed by atoms with Crippen LogP contribution in [0.25, 0.3) is 0 Å². The lowest BCUT2D eigenvalue weighted by molar-refractivity contribution is 0.475. The number of allylic oxidation sites excluding steroid dienone is 1. The van der Waals surface area contributed by atoms with Crippen LogP contribution in [0.2, 0.25) is 0 Å². The van der Waals surface area contributed by atoms with Crippen molar-refractivity contribution in [2.75, 3.05) is 13.2 Å². The van der Waals surface area contributed by atoms with Crippen LogP contribution < -0.4 is 17.1 Å². The molecule has 1 fully saturated rings. The minimum absolute atomic E-state index is 0.0856. The van der Waals surface area contributed by atoms with E-state index >= 15 is 0 Å². The Morgan fingerprint density at radius 3 is 2.38 bits per heavy atom. The fraction of sp³-hybridized carbons (Fsp3) is 0.444. The molecule has 7 heteroatoms. The predicted molar refractivity (Wildman–Crippen MR) is 57.6 cm³/mol. The van der Waals surface area contributed by atoms with E-state index in [0.29, 0.717) is 0 Å². The lowest BCUT2D eigenvalue weighted by Crippen LogP contribution is -2.48. The number of H-pyrrole nitrogens is 1. The van der Waals surface area contributed by atoms with Crippen molar-refractivity contribution in [1.29, 1.82) is 0 Å². The van der Waals surface area contributed by atoms with Gasteiger partial charge in [0, 0.05) is 7.05 Å². The van der Waals surface area contributed by atoms with Crippen LogP contribution in [0.1, 0.15) is 0 Å². The summed E-state index contributed by atoms with van der Waals surface area (Å²) in [4.78, 5) is 35.2. The molecule has 0 saturated carbocycles. The molecule has 1 saturated heterocycles. The van der Waals surface area contributed by atoms with Gasteiger partial charge in [0.25, 0.3) is 0 Å². The first kappa shape index (κ1) is 12.2. The first-order chi connectivity index (χ1) is 7.57. The maximum Gasteiger partial charge on any atom is 0.336 e. The number of epoxide rings is 1. The summed E-state index contributed by atoms with van der Waals surface area (Å²) in [6.45, 7) is 5.48. The van der Waals surface area contributed by atoms with Crippen molar-refractivity contribution in [3.8, 4) is 0 Å². The van der Waals surface area contributed by atoms with Crippen molar-refractivity contribution in [2.45, 2.75) is 6.54 Å². The Hall–Kier alpha value is -1.89. The summed E-state index contributed by atoms with van der Waals surface area (Å²) in [5, 5.41) is 0. The number of hydrogen-bond donors (Lipinski definition) is 1. The maximum atomic E-state index is 11.3. The number of nitrogens with zero attached hydrogens (tertiary/aromatic N) is 2. The van der Waals surface area contributed by atoms with Gasteiger partial charge in [0.05, 0.1) is 19.8 Å². The molecule has 0 aromatic carbocycles. The van der Waals surface area contributed by atoms with E-state index in [9.17, 15) is 14.4 Å². The quantitative estimate of drug-likeness (QED) is 0.488. The monoisotopic (exact) mass is 227 g/mol. The Bertz CT molecular complexity index is 532. The molecular weight excluding hydrogens is 214 g/mol. The molecule has 88 valence electrons. The van der Waals surface area contributed by atoms with Crippen LogP contribution in [0.3, 0.4) is 0 Å². The standard InChI is InChI=1S/C7H9N3O3.C2H4O/c1-3-4-10-6(12)8-5(11)9(2)7(10)13;1-2-3-1/h3H,1,4H2,2H3,(H,8,11,12);1-2H2. The number of aromatic amines is 1. The largest absolute Gasteiger partial charge is 0.377 e. The van der Waals surface area contributed by atoms with E-state index in [1.807, 2.05) is 4.98 Å². The van der Waals surface area contributed by atoms with Gasteiger partial charge in [-0.25, -0.2) is 23.5 Å². The lowest BCUT2D eigenvalue weighted by atomic mass is 10.6. The normalized spacial score (nSPS) is 12.6. The molecule has 0 amide bonds. The summed E-state index contributed by atoms with van der Waals surface area (Å²) >= 11 is 0. The minimum Gasteiger partial charge on any atom is -0.377 e. The van der Waals surface area contributed by atoms with Crippen LogP contribution in [-0.4, -0.2) is 27.3 Å². The van der Waals surface area contributed by atoms with Crippen LogP contribution in [0.5, 0.6) is 0 Å². The lowest BCUT2D eigenvalue weighted by Gasteiger charge is -2.01. The van der Waals surface area contributed by atoms with E-state index in [1.54, 1.807) is 0 Å². The van der Waals surface area contributed by atoms with Crippen LogP contribution in [0.4, 0.5) is 0 Å². The molecule has 0 radical (unpaired) electrons. The molecule has 1 aromatic rings. The van der Waals surface area contributed by atoms with E-state index in [0.717, 1.165) is 22.3 Å². The summed E-state index contributed by atoms with van der Waals surface area (Å²) in [5.41, 5.74) is -2.07. The van der Waals surface area contributed by atoms with Crippen molar-refractivity contribution in [2.24, 2.45) is 7.05 Å². The third-order valence-corrected chi connectivity index (χ3v) is 1.80. The van der Waals surface area contributed by atoms with Crippen LogP contribution >= 0.6 is 0 Å². The molecule has 16 heavy (non-hydrogen) atoms. The zero-order valence-corrected chi connectivity index (χ0v) is 8.93. The van der Waals surface area contributed by atoms with Gasteiger partial charge in [-0.15, -0.1) is 6.58 Å². The Morgan fingerprint density at radius 2 is 1.94 bits per heavy atom. The number of aromatic nitrogens is 3. The highest BCUT2D eigenvalue weighted by Crippen LogP contribution is 1.84. The number of rotatable bonds is 2. The molecule has 1 aliphatic rings. The van der Waals surface area contributed by atoms with Crippen molar-refractivity contribution >= 4 is 0 Å². The van der Waals surface area contributed by atoms with Gasteiger partial charge in [-0.2, -0.15) is 0 Å². The van der Waals surface area contributed by atoms with Crippen LogP contribution in [0.15, 0.2) is 27.0 Å². The van der Waals surface area contributed by atoms with Crippen LogP contribution in [-0.2, 0) is 18.3 Å². The summed E-state index contributed by atoms with van der Waals surface area (Å²) in [7, 11) is 1.29. The zero-order valence-electron chi connectivity index (χ0n) is 8.93. The van der Waals surface area contributed by atoms with Gasteiger partial charge in [-0.1, -0.05) is 6.08 Å². The van der Waals surface area contributed by atoms with Crippen molar-refractivity contribution in [3.63, 3.8) is 0 Å². The van der Waals surface area contributed by atoms with E-state index in [-0.39, 0.29) is 6.54 Å². The highest BCUT2D eigenvalue weighted by molar-refractivity contribution is 4.77. The maximum absolute atomic E-state index is 11.3. The third-order valence-electron chi connectivity index (χ3n) is 1.80. The topological polar surface area (TPSA) is 89.4 Å². The fourth-order valence-corrected chi connectivity index (χ4v) is 0.888. The average Bonchev–Trinajstić information content (AvgIpc) is 3.08. The third kappa shape index (κ3) is 3.06. The number of nitrogens with one attached hydrogen (secondary N) is 1. The Labute approximate surface area is 90.6 Å².